The number of hydrogen-bond acceptors (Lipinski definition) is 4. The number of piperazine rings is 1. The summed E-state index contributed by atoms with van der Waals surface area (Å²) in [6, 6.07) is 0.00781. The van der Waals surface area contributed by atoms with Gasteiger partial charge in [0.1, 0.15) is 6.04 Å². The van der Waals surface area contributed by atoms with Gasteiger partial charge in [-0.2, -0.15) is 0 Å². The van der Waals surface area contributed by atoms with Gasteiger partial charge in [-0.05, 0) is 32.2 Å². The van der Waals surface area contributed by atoms with Crippen molar-refractivity contribution in [1.82, 2.24) is 15.1 Å². The molecule has 1 atom stereocenters. The molecule has 0 aromatic rings. The lowest BCUT2D eigenvalue weighted by Gasteiger charge is -2.35. The number of carbonyl (C=O) groups excluding carboxylic acids is 1. The molecule has 0 radical (unpaired) electrons. The van der Waals surface area contributed by atoms with Crippen LogP contribution in [0.4, 0.5) is 0 Å². The lowest BCUT2D eigenvalue weighted by Crippen LogP contribution is -2.56. The van der Waals surface area contributed by atoms with Gasteiger partial charge in [0.25, 0.3) is 0 Å². The minimum absolute atomic E-state index is 0.00781. The van der Waals surface area contributed by atoms with Gasteiger partial charge in [0.2, 0.25) is 5.91 Å². The van der Waals surface area contributed by atoms with Gasteiger partial charge >= 0.3 is 0 Å². The smallest absolute Gasteiger partial charge is 0.240 e. The molecule has 19 heavy (non-hydrogen) atoms. The van der Waals surface area contributed by atoms with Crippen LogP contribution in [-0.4, -0.2) is 75.2 Å². The van der Waals surface area contributed by atoms with Crippen LogP contribution in [0.5, 0.6) is 0 Å². The van der Waals surface area contributed by atoms with Gasteiger partial charge in [-0.15, -0.1) is 0 Å². The molecule has 2 aliphatic rings. The second kappa shape index (κ2) is 7.22. The van der Waals surface area contributed by atoms with Crippen LogP contribution >= 0.6 is 0 Å². The molecular formula is C14H27N3O2. The van der Waals surface area contributed by atoms with Crippen molar-refractivity contribution in [1.29, 1.82) is 0 Å². The predicted molar refractivity (Wildman–Crippen MR) is 75.1 cm³/mol. The van der Waals surface area contributed by atoms with E-state index in [9.17, 15) is 4.79 Å². The van der Waals surface area contributed by atoms with Gasteiger partial charge in [0.15, 0.2) is 0 Å². The zero-order valence-electron chi connectivity index (χ0n) is 12.2. The molecule has 0 bridgehead atoms. The minimum atomic E-state index is 0.00781. The summed E-state index contributed by atoms with van der Waals surface area (Å²) < 4.78 is 5.37. The van der Waals surface area contributed by atoms with E-state index in [1.54, 1.807) is 0 Å². The highest BCUT2D eigenvalue weighted by Gasteiger charge is 2.28. The molecule has 0 saturated carbocycles. The molecule has 1 unspecified atom stereocenters. The second-order valence-electron chi connectivity index (χ2n) is 5.80. The highest BCUT2D eigenvalue weighted by atomic mass is 16.5. The Morgan fingerprint density at radius 1 is 1.42 bits per heavy atom. The first-order chi connectivity index (χ1) is 9.18. The van der Waals surface area contributed by atoms with E-state index in [1.807, 2.05) is 19.0 Å². The Morgan fingerprint density at radius 3 is 2.84 bits per heavy atom. The number of nitrogens with one attached hydrogen (secondary N) is 1. The largest absolute Gasteiger partial charge is 0.381 e. The van der Waals surface area contributed by atoms with E-state index >= 15 is 0 Å². The van der Waals surface area contributed by atoms with Gasteiger partial charge in [0, 0.05) is 46.4 Å². The Hall–Kier alpha value is -0.650. The normalized spacial score (nSPS) is 26.3. The average molecular weight is 269 g/mol. The van der Waals surface area contributed by atoms with E-state index < -0.39 is 0 Å². The Balaban J connectivity index is 1.74. The van der Waals surface area contributed by atoms with Crippen LogP contribution in [0.15, 0.2) is 0 Å². The molecule has 2 rings (SSSR count). The summed E-state index contributed by atoms with van der Waals surface area (Å²) in [5, 5.41) is 3.30. The quantitative estimate of drug-likeness (QED) is 0.790. The topological polar surface area (TPSA) is 44.8 Å². The van der Waals surface area contributed by atoms with E-state index in [0.29, 0.717) is 0 Å². The second-order valence-corrected chi connectivity index (χ2v) is 5.80. The SMILES string of the molecule is CN(CCC1CCOCC1)C(=O)C1CNCCN1C. The van der Waals surface area contributed by atoms with Crippen molar-refractivity contribution in [3.63, 3.8) is 0 Å². The number of carbonyl (C=O) groups is 1. The molecule has 2 heterocycles. The van der Waals surface area contributed by atoms with Crippen LogP contribution in [0.2, 0.25) is 0 Å². The van der Waals surface area contributed by atoms with E-state index in [-0.39, 0.29) is 11.9 Å². The predicted octanol–water partition coefficient (Wildman–Crippen LogP) is 0.165. The third-order valence-corrected chi connectivity index (χ3v) is 4.39. The summed E-state index contributed by atoms with van der Waals surface area (Å²) in [6.07, 6.45) is 3.40. The maximum atomic E-state index is 12.4. The highest BCUT2D eigenvalue weighted by molar-refractivity contribution is 5.82. The Labute approximate surface area is 116 Å². The summed E-state index contributed by atoms with van der Waals surface area (Å²) in [5.74, 6) is 0.980. The van der Waals surface area contributed by atoms with Crippen molar-refractivity contribution < 1.29 is 9.53 Å². The number of ether oxygens (including phenoxy) is 1. The molecule has 2 saturated heterocycles. The summed E-state index contributed by atoms with van der Waals surface area (Å²) in [4.78, 5) is 16.5. The van der Waals surface area contributed by atoms with Crippen molar-refractivity contribution in [3.05, 3.63) is 0 Å². The van der Waals surface area contributed by atoms with Crippen molar-refractivity contribution in [2.75, 3.05) is 53.5 Å². The van der Waals surface area contributed by atoms with Crippen LogP contribution in [0, 0.1) is 5.92 Å². The molecule has 110 valence electrons. The van der Waals surface area contributed by atoms with E-state index in [4.69, 9.17) is 4.74 Å². The lowest BCUT2D eigenvalue weighted by molar-refractivity contribution is -0.135. The first-order valence-electron chi connectivity index (χ1n) is 7.42. The molecule has 2 aliphatic heterocycles. The molecule has 0 aromatic heterocycles. The molecule has 0 aliphatic carbocycles. The third-order valence-electron chi connectivity index (χ3n) is 4.39. The first kappa shape index (κ1) is 14.8. The standard InChI is InChI=1S/C14H27N3O2/c1-16-8-6-15-11-13(16)14(18)17(2)7-3-12-4-9-19-10-5-12/h12-13,15H,3-11H2,1-2H3. The minimum Gasteiger partial charge on any atom is -0.381 e. The first-order valence-corrected chi connectivity index (χ1v) is 7.42. The lowest BCUT2D eigenvalue weighted by atomic mass is 9.96. The molecule has 0 aromatic carbocycles. The molecular weight excluding hydrogens is 242 g/mol. The van der Waals surface area contributed by atoms with Gasteiger partial charge in [-0.1, -0.05) is 0 Å². The van der Waals surface area contributed by atoms with Crippen molar-refractivity contribution in [2.45, 2.75) is 25.3 Å². The molecule has 1 amide bonds. The molecule has 1 N–H and O–H groups in total. The van der Waals surface area contributed by atoms with Crippen molar-refractivity contribution in [2.24, 2.45) is 5.92 Å². The van der Waals surface area contributed by atoms with Crippen LogP contribution in [0.1, 0.15) is 19.3 Å². The Bertz CT molecular complexity index is 292. The zero-order valence-corrected chi connectivity index (χ0v) is 12.2. The number of likely N-dealkylation sites (N-methyl/N-ethyl adjacent to an activating group) is 2. The summed E-state index contributed by atoms with van der Waals surface area (Å²) >= 11 is 0. The fraction of sp³-hybridized carbons (Fsp3) is 0.929. The Morgan fingerprint density at radius 2 is 2.16 bits per heavy atom. The summed E-state index contributed by atoms with van der Waals surface area (Å²) in [6.45, 7) is 5.34. The number of amides is 1. The third kappa shape index (κ3) is 4.16. The molecule has 5 nitrogen and oxygen atoms in total. The van der Waals surface area contributed by atoms with E-state index in [0.717, 1.165) is 64.6 Å². The summed E-state index contributed by atoms with van der Waals surface area (Å²) in [7, 11) is 3.97. The van der Waals surface area contributed by atoms with Crippen LogP contribution < -0.4 is 5.32 Å². The van der Waals surface area contributed by atoms with Gasteiger partial charge in [-0.25, -0.2) is 0 Å². The molecule has 2 fully saturated rings. The zero-order chi connectivity index (χ0) is 13.7. The number of hydrogen-bond donors (Lipinski definition) is 1. The molecule has 0 spiro atoms. The summed E-state index contributed by atoms with van der Waals surface area (Å²) in [5.41, 5.74) is 0. The number of rotatable bonds is 4. The van der Waals surface area contributed by atoms with Crippen LogP contribution in [0.3, 0.4) is 0 Å². The average Bonchev–Trinajstić information content (AvgIpc) is 2.45. The van der Waals surface area contributed by atoms with Crippen LogP contribution in [-0.2, 0) is 9.53 Å². The highest BCUT2D eigenvalue weighted by Crippen LogP contribution is 2.18. The maximum absolute atomic E-state index is 12.4. The fourth-order valence-corrected chi connectivity index (χ4v) is 2.86. The molecule has 5 heteroatoms. The monoisotopic (exact) mass is 269 g/mol. The van der Waals surface area contributed by atoms with Gasteiger partial charge < -0.3 is 15.0 Å². The maximum Gasteiger partial charge on any atom is 0.240 e. The van der Waals surface area contributed by atoms with Gasteiger partial charge in [0.05, 0.1) is 0 Å². The van der Waals surface area contributed by atoms with E-state index in [1.165, 1.54) is 0 Å². The Kier molecular flexibility index (Phi) is 5.60. The van der Waals surface area contributed by atoms with Crippen molar-refractivity contribution in [3.8, 4) is 0 Å². The fourth-order valence-electron chi connectivity index (χ4n) is 2.86. The van der Waals surface area contributed by atoms with Crippen molar-refractivity contribution >= 4 is 5.91 Å². The van der Waals surface area contributed by atoms with E-state index in [2.05, 4.69) is 10.2 Å². The van der Waals surface area contributed by atoms with Crippen LogP contribution in [0.25, 0.3) is 0 Å². The number of nitrogens with zero attached hydrogens (tertiary/aromatic N) is 2. The van der Waals surface area contributed by atoms with Gasteiger partial charge in [-0.3, -0.25) is 9.69 Å².